The van der Waals surface area contributed by atoms with Crippen molar-refractivity contribution in [3.05, 3.63) is 75.3 Å². The Bertz CT molecular complexity index is 1190. The van der Waals surface area contributed by atoms with Gasteiger partial charge in [0.2, 0.25) is 0 Å². The molecule has 0 aliphatic carbocycles. The lowest BCUT2D eigenvalue weighted by atomic mass is 9.98. The van der Waals surface area contributed by atoms with Gasteiger partial charge in [0, 0.05) is 6.54 Å². The number of aryl methyl sites for hydroxylation is 2. The van der Waals surface area contributed by atoms with E-state index < -0.39 is 11.4 Å². The number of ether oxygens (including phenoxy) is 1. The van der Waals surface area contributed by atoms with E-state index in [0.717, 1.165) is 11.1 Å². The van der Waals surface area contributed by atoms with E-state index in [-0.39, 0.29) is 18.3 Å². The van der Waals surface area contributed by atoms with E-state index in [2.05, 4.69) is 10.3 Å². The zero-order valence-electron chi connectivity index (χ0n) is 19.9. The van der Waals surface area contributed by atoms with Gasteiger partial charge in [-0.1, -0.05) is 18.2 Å². The zero-order chi connectivity index (χ0) is 24.8. The van der Waals surface area contributed by atoms with Crippen LogP contribution in [-0.4, -0.2) is 33.6 Å². The molecule has 2 N–H and O–H groups in total. The first kappa shape index (κ1) is 25.7. The van der Waals surface area contributed by atoms with E-state index in [1.54, 1.807) is 58.0 Å². The number of hydrogen-bond donors (Lipinski definition) is 2. The van der Waals surface area contributed by atoms with Crippen LogP contribution in [0.2, 0.25) is 0 Å². The summed E-state index contributed by atoms with van der Waals surface area (Å²) in [4.78, 5) is 39.4. The van der Waals surface area contributed by atoms with Crippen LogP contribution in [0.5, 0.6) is 0 Å². The monoisotopic (exact) mass is 453 g/mol. The number of fused-ring (bicyclic) bond motifs is 1. The van der Waals surface area contributed by atoms with Crippen LogP contribution in [0.15, 0.2) is 47.3 Å². The van der Waals surface area contributed by atoms with Crippen LogP contribution in [0.1, 0.15) is 48.1 Å². The summed E-state index contributed by atoms with van der Waals surface area (Å²) >= 11 is 0. The minimum Gasteiger partial charge on any atom is -0.478 e. The summed E-state index contributed by atoms with van der Waals surface area (Å²) in [7, 11) is 1.86. The molecule has 0 aliphatic rings. The van der Waals surface area contributed by atoms with E-state index in [9.17, 15) is 14.4 Å². The summed E-state index contributed by atoms with van der Waals surface area (Å²) < 4.78 is 6.67. The maximum Gasteiger partial charge on any atom is 0.335 e. The maximum absolute atomic E-state index is 12.8. The molecule has 0 saturated heterocycles. The summed E-state index contributed by atoms with van der Waals surface area (Å²) in [5.41, 5.74) is 2.31. The second-order valence-electron chi connectivity index (χ2n) is 8.70. The Morgan fingerprint density at radius 1 is 1.12 bits per heavy atom. The molecular formula is C25H31N3O5. The predicted molar refractivity (Wildman–Crippen MR) is 127 cm³/mol. The largest absolute Gasteiger partial charge is 0.478 e. The van der Waals surface area contributed by atoms with Crippen molar-refractivity contribution >= 4 is 22.8 Å². The predicted octanol–water partition coefficient (Wildman–Crippen LogP) is 3.66. The summed E-state index contributed by atoms with van der Waals surface area (Å²) in [6.45, 7) is 9.61. The number of hydrogen-bond acceptors (Lipinski definition) is 6. The second kappa shape index (κ2) is 10.9. The van der Waals surface area contributed by atoms with Crippen molar-refractivity contribution in [1.82, 2.24) is 14.9 Å². The number of esters is 1. The molecular weight excluding hydrogens is 422 g/mol. The number of rotatable bonds is 5. The van der Waals surface area contributed by atoms with Crippen LogP contribution in [0, 0.1) is 19.3 Å². The fourth-order valence-electron chi connectivity index (χ4n) is 2.98. The molecule has 0 radical (unpaired) electrons. The SMILES string of the molecule is CNCc1cc2c(=O)n(COC(=O)C(C)(C)C)c(C)nc2cc1C.O=C(O)c1ccccc1. The molecule has 0 fully saturated rings. The van der Waals surface area contributed by atoms with Crippen molar-refractivity contribution in [3.63, 3.8) is 0 Å². The lowest BCUT2D eigenvalue weighted by Crippen LogP contribution is -2.30. The van der Waals surface area contributed by atoms with Gasteiger partial charge < -0.3 is 15.2 Å². The van der Waals surface area contributed by atoms with E-state index in [1.807, 2.05) is 26.1 Å². The molecule has 0 saturated carbocycles. The van der Waals surface area contributed by atoms with Crippen LogP contribution >= 0.6 is 0 Å². The van der Waals surface area contributed by atoms with Gasteiger partial charge in [-0.05, 0) is 77.1 Å². The highest BCUT2D eigenvalue weighted by atomic mass is 16.5. The number of benzene rings is 2. The van der Waals surface area contributed by atoms with Crippen LogP contribution in [-0.2, 0) is 22.8 Å². The molecule has 1 heterocycles. The van der Waals surface area contributed by atoms with Crippen molar-refractivity contribution in [3.8, 4) is 0 Å². The Kier molecular flexibility index (Phi) is 8.48. The van der Waals surface area contributed by atoms with E-state index in [4.69, 9.17) is 9.84 Å². The van der Waals surface area contributed by atoms with Gasteiger partial charge >= 0.3 is 11.9 Å². The quantitative estimate of drug-likeness (QED) is 0.567. The fraction of sp³-hybridized carbons (Fsp3) is 0.360. The van der Waals surface area contributed by atoms with Gasteiger partial charge in [-0.15, -0.1) is 0 Å². The van der Waals surface area contributed by atoms with Gasteiger partial charge in [0.15, 0.2) is 6.73 Å². The molecule has 2 aromatic carbocycles. The van der Waals surface area contributed by atoms with Crippen molar-refractivity contribution in [2.75, 3.05) is 7.05 Å². The minimum atomic E-state index is -0.879. The van der Waals surface area contributed by atoms with E-state index in [0.29, 0.717) is 28.8 Å². The molecule has 0 unspecified atom stereocenters. The summed E-state index contributed by atoms with van der Waals surface area (Å²) in [5.74, 6) is -0.709. The number of nitrogens with zero attached hydrogens (tertiary/aromatic N) is 2. The van der Waals surface area contributed by atoms with E-state index >= 15 is 0 Å². The molecule has 8 nitrogen and oxygen atoms in total. The zero-order valence-corrected chi connectivity index (χ0v) is 19.9. The topological polar surface area (TPSA) is 111 Å². The summed E-state index contributed by atoms with van der Waals surface area (Å²) in [5, 5.41) is 12.0. The van der Waals surface area contributed by atoms with Crippen molar-refractivity contribution < 1.29 is 19.4 Å². The minimum absolute atomic E-state index is 0.126. The number of nitrogens with one attached hydrogen (secondary N) is 1. The number of carbonyl (C=O) groups excluding carboxylic acids is 1. The van der Waals surface area contributed by atoms with Gasteiger partial charge in [0.1, 0.15) is 5.82 Å². The van der Waals surface area contributed by atoms with Crippen molar-refractivity contribution in [2.24, 2.45) is 5.41 Å². The van der Waals surface area contributed by atoms with E-state index in [1.165, 1.54) is 4.57 Å². The number of carboxylic acids is 1. The molecule has 0 spiro atoms. The molecule has 0 amide bonds. The third-order valence-corrected chi connectivity index (χ3v) is 4.93. The van der Waals surface area contributed by atoms with Crippen LogP contribution in [0.4, 0.5) is 0 Å². The molecule has 0 aliphatic heterocycles. The Morgan fingerprint density at radius 3 is 2.27 bits per heavy atom. The number of aromatic carboxylic acids is 1. The average Bonchev–Trinajstić information content (AvgIpc) is 2.75. The molecule has 1 aromatic heterocycles. The number of carbonyl (C=O) groups is 2. The third-order valence-electron chi connectivity index (χ3n) is 4.93. The summed E-state index contributed by atoms with van der Waals surface area (Å²) in [6, 6.07) is 12.1. The van der Waals surface area contributed by atoms with Gasteiger partial charge in [-0.25, -0.2) is 9.78 Å². The standard InChI is InChI=1S/C18H25N3O3.C7H6O2/c1-11-7-15-14(8-13(11)9-19-6)16(22)21(12(2)20-15)10-24-17(23)18(3,4)5;8-7(9)6-4-2-1-3-5-6/h7-8,19H,9-10H2,1-6H3;1-5H,(H,8,9). The molecule has 33 heavy (non-hydrogen) atoms. The van der Waals surface area contributed by atoms with Crippen molar-refractivity contribution in [1.29, 1.82) is 0 Å². The lowest BCUT2D eigenvalue weighted by Gasteiger charge is -2.18. The molecule has 176 valence electrons. The second-order valence-corrected chi connectivity index (χ2v) is 8.70. The highest BCUT2D eigenvalue weighted by Gasteiger charge is 2.23. The highest BCUT2D eigenvalue weighted by Crippen LogP contribution is 2.18. The van der Waals surface area contributed by atoms with Gasteiger partial charge in [-0.2, -0.15) is 0 Å². The normalized spacial score (nSPS) is 11.0. The first-order chi connectivity index (χ1) is 15.5. The Hall–Kier alpha value is -3.52. The molecule has 0 bridgehead atoms. The first-order valence-corrected chi connectivity index (χ1v) is 10.6. The molecule has 0 atom stereocenters. The van der Waals surface area contributed by atoms with Crippen LogP contribution in [0.3, 0.4) is 0 Å². The van der Waals surface area contributed by atoms with Gasteiger partial charge in [0.05, 0.1) is 21.9 Å². The first-order valence-electron chi connectivity index (χ1n) is 10.6. The Morgan fingerprint density at radius 2 is 1.76 bits per heavy atom. The summed E-state index contributed by atoms with van der Waals surface area (Å²) in [6.07, 6.45) is 0. The lowest BCUT2D eigenvalue weighted by molar-refractivity contribution is -0.157. The molecule has 3 rings (SSSR count). The highest BCUT2D eigenvalue weighted by molar-refractivity contribution is 5.87. The fourth-order valence-corrected chi connectivity index (χ4v) is 2.98. The number of aromatic nitrogens is 2. The van der Waals surface area contributed by atoms with Gasteiger partial charge in [-0.3, -0.25) is 14.2 Å². The maximum atomic E-state index is 12.8. The molecule has 3 aromatic rings. The average molecular weight is 454 g/mol. The van der Waals surface area contributed by atoms with Gasteiger partial charge in [0.25, 0.3) is 5.56 Å². The van der Waals surface area contributed by atoms with Crippen LogP contribution in [0.25, 0.3) is 10.9 Å². The smallest absolute Gasteiger partial charge is 0.335 e. The number of carboxylic acid groups (broad SMARTS) is 1. The molecule has 8 heteroatoms. The van der Waals surface area contributed by atoms with Crippen LogP contribution < -0.4 is 10.9 Å². The Labute approximate surface area is 193 Å². The van der Waals surface area contributed by atoms with Crippen molar-refractivity contribution in [2.45, 2.75) is 47.9 Å². The third kappa shape index (κ3) is 6.73. The Balaban J connectivity index is 0.000000357.